The van der Waals surface area contributed by atoms with Gasteiger partial charge in [0.15, 0.2) is 0 Å². The molecule has 1 N–H and O–H groups in total. The molecule has 0 saturated carbocycles. The van der Waals surface area contributed by atoms with Crippen LogP contribution < -0.4 is 5.32 Å². The molecule has 3 aromatic rings. The van der Waals surface area contributed by atoms with Crippen molar-refractivity contribution in [2.75, 3.05) is 11.9 Å². The molecule has 3 nitrogen and oxygen atoms in total. The van der Waals surface area contributed by atoms with Crippen molar-refractivity contribution in [2.24, 2.45) is 0 Å². The molecule has 1 aromatic carbocycles. The van der Waals surface area contributed by atoms with Gasteiger partial charge in [-0.1, -0.05) is 11.6 Å². The van der Waals surface area contributed by atoms with Crippen LogP contribution in [0.2, 0.25) is 4.34 Å². The fraction of sp³-hybridized carbons (Fsp3) is 0.200. The van der Waals surface area contributed by atoms with Gasteiger partial charge in [0.25, 0.3) is 0 Å². The van der Waals surface area contributed by atoms with Gasteiger partial charge in [-0.05, 0) is 42.7 Å². The van der Waals surface area contributed by atoms with E-state index in [0.29, 0.717) is 13.0 Å². The molecule has 0 amide bonds. The van der Waals surface area contributed by atoms with Gasteiger partial charge in [-0.15, -0.1) is 11.3 Å². The summed E-state index contributed by atoms with van der Waals surface area (Å²) in [5, 5.41) is 4.11. The number of rotatable bonds is 4. The van der Waals surface area contributed by atoms with E-state index in [0.717, 1.165) is 31.4 Å². The number of thiophene rings is 1. The Hall–Kier alpha value is -1.72. The maximum Gasteiger partial charge on any atom is 0.129 e. The fourth-order valence-electron chi connectivity index (χ4n) is 2.29. The second-order valence-electron chi connectivity index (χ2n) is 4.73. The number of aromatic nitrogens is 2. The van der Waals surface area contributed by atoms with Crippen LogP contribution in [0.4, 0.5) is 10.2 Å². The average Bonchev–Trinajstić information content (AvgIpc) is 2.77. The lowest BCUT2D eigenvalue weighted by atomic mass is 10.1. The minimum Gasteiger partial charge on any atom is -0.370 e. The van der Waals surface area contributed by atoms with E-state index in [9.17, 15) is 4.39 Å². The summed E-state index contributed by atoms with van der Waals surface area (Å²) < 4.78 is 15.4. The van der Waals surface area contributed by atoms with Crippen LogP contribution in [0.25, 0.3) is 10.1 Å². The highest BCUT2D eigenvalue weighted by Gasteiger charge is 2.13. The summed E-state index contributed by atoms with van der Waals surface area (Å²) in [6, 6.07) is 4.90. The van der Waals surface area contributed by atoms with E-state index in [1.54, 1.807) is 18.3 Å². The van der Waals surface area contributed by atoms with Crippen molar-refractivity contribution in [1.82, 2.24) is 9.97 Å². The molecule has 0 fully saturated rings. The van der Waals surface area contributed by atoms with E-state index in [1.807, 2.05) is 6.92 Å². The Kier molecular flexibility index (Phi) is 4.03. The minimum atomic E-state index is -0.223. The van der Waals surface area contributed by atoms with Gasteiger partial charge in [-0.25, -0.2) is 14.4 Å². The number of halogens is 2. The van der Waals surface area contributed by atoms with Crippen molar-refractivity contribution in [2.45, 2.75) is 13.3 Å². The predicted octanol–water partition coefficient (Wildman–Crippen LogP) is 4.45. The molecule has 3 rings (SSSR count). The third-order valence-corrected chi connectivity index (χ3v) is 4.89. The van der Waals surface area contributed by atoms with Gasteiger partial charge in [-0.2, -0.15) is 0 Å². The zero-order valence-electron chi connectivity index (χ0n) is 11.4. The molecule has 6 heteroatoms. The van der Waals surface area contributed by atoms with Crippen LogP contribution in [0.5, 0.6) is 0 Å². The molecule has 0 unspecified atom stereocenters. The number of anilines is 1. The first-order valence-electron chi connectivity index (χ1n) is 6.52. The summed E-state index contributed by atoms with van der Waals surface area (Å²) in [5.41, 5.74) is 1.91. The van der Waals surface area contributed by atoms with E-state index in [4.69, 9.17) is 11.6 Å². The molecule has 0 aliphatic carbocycles. The molecular weight excluding hydrogens is 309 g/mol. The SMILES string of the molecule is Cc1cc(F)cc2c(CCNc3ccncn3)c(Cl)sc12. The first-order chi connectivity index (χ1) is 10.1. The molecule has 0 saturated heterocycles. The summed E-state index contributed by atoms with van der Waals surface area (Å²) >= 11 is 7.82. The first kappa shape index (κ1) is 14.2. The number of nitrogens with one attached hydrogen (secondary N) is 1. The van der Waals surface area contributed by atoms with Crippen LogP contribution in [0.3, 0.4) is 0 Å². The van der Waals surface area contributed by atoms with Crippen LogP contribution in [-0.4, -0.2) is 16.5 Å². The number of benzene rings is 1. The number of aryl methyl sites for hydroxylation is 1. The van der Waals surface area contributed by atoms with Gasteiger partial charge in [-0.3, -0.25) is 0 Å². The largest absolute Gasteiger partial charge is 0.370 e. The highest BCUT2D eigenvalue weighted by atomic mass is 35.5. The van der Waals surface area contributed by atoms with Crippen LogP contribution in [0.15, 0.2) is 30.7 Å². The van der Waals surface area contributed by atoms with Crippen molar-refractivity contribution in [3.63, 3.8) is 0 Å². The molecular formula is C15H13ClFN3S. The number of fused-ring (bicyclic) bond motifs is 1. The maximum absolute atomic E-state index is 13.6. The van der Waals surface area contributed by atoms with Crippen molar-refractivity contribution in [1.29, 1.82) is 0 Å². The van der Waals surface area contributed by atoms with E-state index in [-0.39, 0.29) is 5.82 Å². The lowest BCUT2D eigenvalue weighted by molar-refractivity contribution is 0.628. The molecule has 2 heterocycles. The summed E-state index contributed by atoms with van der Waals surface area (Å²) in [4.78, 5) is 7.96. The van der Waals surface area contributed by atoms with E-state index in [2.05, 4.69) is 15.3 Å². The van der Waals surface area contributed by atoms with Crippen LogP contribution in [-0.2, 0) is 6.42 Å². The maximum atomic E-state index is 13.6. The van der Waals surface area contributed by atoms with Crippen molar-refractivity contribution >= 4 is 38.8 Å². The summed E-state index contributed by atoms with van der Waals surface area (Å²) in [6.45, 7) is 2.58. The Labute approximate surface area is 130 Å². The van der Waals surface area contributed by atoms with Gasteiger partial charge in [0.05, 0.1) is 4.34 Å². The lowest BCUT2D eigenvalue weighted by Gasteiger charge is -2.05. The Balaban J connectivity index is 1.82. The standard InChI is InChI=1S/C15H13ClFN3S/c1-9-6-10(17)7-12-11(15(16)21-14(9)12)2-5-19-13-3-4-18-8-20-13/h3-4,6-8H,2,5H2,1H3,(H,18,19,20). The molecule has 0 radical (unpaired) electrons. The minimum absolute atomic E-state index is 0.223. The highest BCUT2D eigenvalue weighted by molar-refractivity contribution is 7.23. The Morgan fingerprint density at radius 1 is 1.38 bits per heavy atom. The summed E-state index contributed by atoms with van der Waals surface area (Å²) in [5.74, 6) is 0.544. The zero-order valence-corrected chi connectivity index (χ0v) is 12.9. The molecule has 0 bridgehead atoms. The van der Waals surface area contributed by atoms with Crippen LogP contribution in [0.1, 0.15) is 11.1 Å². The number of hydrogen-bond acceptors (Lipinski definition) is 4. The average molecular weight is 322 g/mol. The van der Waals surface area contributed by atoms with Gasteiger partial charge in [0.2, 0.25) is 0 Å². The molecule has 0 spiro atoms. The summed E-state index contributed by atoms with van der Waals surface area (Å²) in [7, 11) is 0. The molecule has 2 aromatic heterocycles. The number of nitrogens with zero attached hydrogens (tertiary/aromatic N) is 2. The van der Waals surface area contributed by atoms with E-state index < -0.39 is 0 Å². The lowest BCUT2D eigenvalue weighted by Crippen LogP contribution is -2.06. The Bertz CT molecular complexity index is 773. The van der Waals surface area contributed by atoms with E-state index in [1.165, 1.54) is 23.7 Å². The van der Waals surface area contributed by atoms with E-state index >= 15 is 0 Å². The van der Waals surface area contributed by atoms with Crippen molar-refractivity contribution in [3.05, 3.63) is 52.0 Å². The second kappa shape index (κ2) is 5.95. The van der Waals surface area contributed by atoms with Crippen LogP contribution in [0, 0.1) is 12.7 Å². The third-order valence-electron chi connectivity index (χ3n) is 3.26. The fourth-order valence-corrected chi connectivity index (χ4v) is 3.74. The zero-order chi connectivity index (χ0) is 14.8. The molecule has 0 aliphatic rings. The van der Waals surface area contributed by atoms with Gasteiger partial charge < -0.3 is 5.32 Å². The van der Waals surface area contributed by atoms with Crippen molar-refractivity contribution in [3.8, 4) is 0 Å². The normalized spacial score (nSPS) is 11.0. The van der Waals surface area contributed by atoms with Gasteiger partial charge >= 0.3 is 0 Å². The monoisotopic (exact) mass is 321 g/mol. The van der Waals surface area contributed by atoms with Crippen molar-refractivity contribution < 1.29 is 4.39 Å². The third kappa shape index (κ3) is 2.99. The topological polar surface area (TPSA) is 37.8 Å². The predicted molar refractivity (Wildman–Crippen MR) is 85.8 cm³/mol. The van der Waals surface area contributed by atoms with Crippen LogP contribution >= 0.6 is 22.9 Å². The second-order valence-corrected chi connectivity index (χ2v) is 6.35. The molecule has 0 atom stereocenters. The quantitative estimate of drug-likeness (QED) is 0.771. The molecule has 21 heavy (non-hydrogen) atoms. The number of hydrogen-bond donors (Lipinski definition) is 1. The molecule has 0 aliphatic heterocycles. The first-order valence-corrected chi connectivity index (χ1v) is 7.71. The summed E-state index contributed by atoms with van der Waals surface area (Å²) in [6.07, 6.45) is 3.89. The van der Waals surface area contributed by atoms with Gasteiger partial charge in [0.1, 0.15) is 18.0 Å². The van der Waals surface area contributed by atoms with Gasteiger partial charge in [0, 0.05) is 22.8 Å². The Morgan fingerprint density at radius 2 is 2.24 bits per heavy atom. The molecule has 108 valence electrons. The highest BCUT2D eigenvalue weighted by Crippen LogP contribution is 2.37. The smallest absolute Gasteiger partial charge is 0.129 e. The Morgan fingerprint density at radius 3 is 3.00 bits per heavy atom.